The summed E-state index contributed by atoms with van der Waals surface area (Å²) in [4.78, 5) is 11.1. The minimum atomic E-state index is -0.180. The van der Waals surface area contributed by atoms with Gasteiger partial charge in [-0.1, -0.05) is 0 Å². The van der Waals surface area contributed by atoms with Crippen molar-refractivity contribution in [2.75, 3.05) is 6.61 Å². The monoisotopic (exact) mass is 194 g/mol. The first-order valence-corrected chi connectivity index (χ1v) is 3.92. The SMILES string of the molecule is CCOC(=O)[C@@H]1CCC(N)N1.Cl. The lowest BCUT2D eigenvalue weighted by atomic mass is 10.2. The zero-order chi connectivity index (χ0) is 8.27. The largest absolute Gasteiger partial charge is 0.465 e. The maximum Gasteiger partial charge on any atom is 0.323 e. The highest BCUT2D eigenvalue weighted by molar-refractivity contribution is 5.85. The fourth-order valence-corrected chi connectivity index (χ4v) is 1.20. The Morgan fingerprint density at radius 1 is 1.67 bits per heavy atom. The zero-order valence-electron chi connectivity index (χ0n) is 7.08. The maximum atomic E-state index is 11.1. The minimum Gasteiger partial charge on any atom is -0.465 e. The van der Waals surface area contributed by atoms with Gasteiger partial charge in [-0.15, -0.1) is 12.4 Å². The normalized spacial score (nSPS) is 27.8. The molecule has 72 valence electrons. The van der Waals surface area contributed by atoms with Crippen molar-refractivity contribution in [3.8, 4) is 0 Å². The Kier molecular flexibility index (Phi) is 5.20. The number of halogens is 1. The summed E-state index contributed by atoms with van der Waals surface area (Å²) in [7, 11) is 0. The van der Waals surface area contributed by atoms with E-state index in [0.717, 1.165) is 12.8 Å². The molecule has 0 spiro atoms. The van der Waals surface area contributed by atoms with Crippen molar-refractivity contribution in [1.29, 1.82) is 0 Å². The molecule has 1 unspecified atom stereocenters. The quantitative estimate of drug-likeness (QED) is 0.608. The third-order valence-corrected chi connectivity index (χ3v) is 1.75. The molecule has 12 heavy (non-hydrogen) atoms. The highest BCUT2D eigenvalue weighted by Gasteiger charge is 2.27. The predicted octanol–water partition coefficient (Wildman–Crippen LogP) is 0.00810. The molecule has 0 aliphatic carbocycles. The summed E-state index contributed by atoms with van der Waals surface area (Å²) in [6.07, 6.45) is 1.60. The van der Waals surface area contributed by atoms with Crippen molar-refractivity contribution in [3.05, 3.63) is 0 Å². The number of ether oxygens (including phenoxy) is 1. The molecule has 3 N–H and O–H groups in total. The molecule has 0 aromatic carbocycles. The van der Waals surface area contributed by atoms with E-state index >= 15 is 0 Å². The number of hydrogen-bond acceptors (Lipinski definition) is 4. The van der Waals surface area contributed by atoms with E-state index in [4.69, 9.17) is 10.5 Å². The summed E-state index contributed by atoms with van der Waals surface area (Å²) < 4.78 is 4.82. The van der Waals surface area contributed by atoms with Gasteiger partial charge in [0.25, 0.3) is 0 Å². The number of hydrogen-bond donors (Lipinski definition) is 2. The maximum absolute atomic E-state index is 11.1. The van der Waals surface area contributed by atoms with E-state index < -0.39 is 0 Å². The Balaban J connectivity index is 0.00000121. The van der Waals surface area contributed by atoms with Gasteiger partial charge in [0.05, 0.1) is 12.8 Å². The van der Waals surface area contributed by atoms with Crippen LogP contribution in [0.2, 0.25) is 0 Å². The molecule has 1 fully saturated rings. The Hall–Kier alpha value is -0.320. The molecule has 1 aliphatic rings. The lowest BCUT2D eigenvalue weighted by Gasteiger charge is -2.09. The first-order chi connectivity index (χ1) is 5.24. The molecular weight excluding hydrogens is 180 g/mol. The van der Waals surface area contributed by atoms with Gasteiger partial charge in [0.2, 0.25) is 0 Å². The van der Waals surface area contributed by atoms with Gasteiger partial charge in [0.15, 0.2) is 0 Å². The van der Waals surface area contributed by atoms with Gasteiger partial charge < -0.3 is 10.5 Å². The summed E-state index contributed by atoms with van der Waals surface area (Å²) in [6, 6.07) is -0.176. The van der Waals surface area contributed by atoms with Gasteiger partial charge in [-0.05, 0) is 19.8 Å². The summed E-state index contributed by atoms with van der Waals surface area (Å²) in [5, 5.41) is 2.94. The van der Waals surface area contributed by atoms with E-state index in [2.05, 4.69) is 5.32 Å². The standard InChI is InChI=1S/C7H14N2O2.ClH/c1-2-11-7(10)5-3-4-6(8)9-5;/h5-6,9H,2-4,8H2,1H3;1H/t5-,6?;/m0./s1. The first kappa shape index (κ1) is 11.7. The van der Waals surface area contributed by atoms with E-state index in [1.165, 1.54) is 0 Å². The molecule has 4 nitrogen and oxygen atoms in total. The molecule has 1 saturated heterocycles. The van der Waals surface area contributed by atoms with Gasteiger partial charge >= 0.3 is 5.97 Å². The van der Waals surface area contributed by atoms with Crippen LogP contribution in [0.15, 0.2) is 0 Å². The predicted molar refractivity (Wildman–Crippen MR) is 48.0 cm³/mol. The average molecular weight is 195 g/mol. The van der Waals surface area contributed by atoms with Gasteiger partial charge in [-0.2, -0.15) is 0 Å². The van der Waals surface area contributed by atoms with Crippen LogP contribution in [0.25, 0.3) is 0 Å². The molecule has 0 radical (unpaired) electrons. The molecule has 0 amide bonds. The molecule has 1 heterocycles. The number of esters is 1. The average Bonchev–Trinajstić information content (AvgIpc) is 2.36. The summed E-state index contributed by atoms with van der Waals surface area (Å²) in [6.45, 7) is 2.24. The third kappa shape index (κ3) is 2.97. The van der Waals surface area contributed by atoms with Crippen molar-refractivity contribution in [1.82, 2.24) is 5.32 Å². The summed E-state index contributed by atoms with van der Waals surface area (Å²) in [5.74, 6) is -0.180. The van der Waals surface area contributed by atoms with Crippen molar-refractivity contribution in [2.45, 2.75) is 32.0 Å². The molecule has 0 aromatic heterocycles. The Morgan fingerprint density at radius 3 is 2.75 bits per heavy atom. The van der Waals surface area contributed by atoms with Crippen LogP contribution in [-0.2, 0) is 9.53 Å². The van der Waals surface area contributed by atoms with Crippen LogP contribution in [0.5, 0.6) is 0 Å². The molecule has 2 atom stereocenters. The number of rotatable bonds is 2. The number of nitrogens with two attached hydrogens (primary N) is 1. The fraction of sp³-hybridized carbons (Fsp3) is 0.857. The second-order valence-electron chi connectivity index (χ2n) is 2.66. The van der Waals surface area contributed by atoms with E-state index in [9.17, 15) is 4.79 Å². The van der Waals surface area contributed by atoms with Crippen LogP contribution < -0.4 is 11.1 Å². The summed E-state index contributed by atoms with van der Waals surface area (Å²) in [5.41, 5.74) is 5.54. The lowest BCUT2D eigenvalue weighted by Crippen LogP contribution is -2.40. The Bertz CT molecular complexity index is 154. The second kappa shape index (κ2) is 5.35. The van der Waals surface area contributed by atoms with Crippen LogP contribution in [0, 0.1) is 0 Å². The third-order valence-electron chi connectivity index (χ3n) is 1.75. The van der Waals surface area contributed by atoms with E-state index in [1.807, 2.05) is 0 Å². The number of carbonyl (C=O) groups excluding carboxylic acids is 1. The Labute approximate surface area is 78.2 Å². The smallest absolute Gasteiger partial charge is 0.323 e. The topological polar surface area (TPSA) is 64.3 Å². The van der Waals surface area contributed by atoms with Crippen LogP contribution >= 0.6 is 12.4 Å². The lowest BCUT2D eigenvalue weighted by molar-refractivity contribution is -0.145. The van der Waals surface area contributed by atoms with Crippen molar-refractivity contribution in [3.63, 3.8) is 0 Å². The van der Waals surface area contributed by atoms with Gasteiger partial charge in [-0.25, -0.2) is 0 Å². The van der Waals surface area contributed by atoms with Crippen molar-refractivity contribution >= 4 is 18.4 Å². The summed E-state index contributed by atoms with van der Waals surface area (Å²) >= 11 is 0. The van der Waals surface area contributed by atoms with E-state index in [-0.39, 0.29) is 30.6 Å². The number of carbonyl (C=O) groups is 1. The molecule has 0 aromatic rings. The highest BCUT2D eigenvalue weighted by atomic mass is 35.5. The number of nitrogens with one attached hydrogen (secondary N) is 1. The van der Waals surface area contributed by atoms with Crippen LogP contribution in [0.4, 0.5) is 0 Å². The van der Waals surface area contributed by atoms with E-state index in [1.54, 1.807) is 6.92 Å². The minimum absolute atomic E-state index is 0. The Morgan fingerprint density at radius 2 is 2.33 bits per heavy atom. The van der Waals surface area contributed by atoms with E-state index in [0.29, 0.717) is 6.61 Å². The second-order valence-corrected chi connectivity index (χ2v) is 2.66. The van der Waals surface area contributed by atoms with Crippen LogP contribution in [-0.4, -0.2) is 24.8 Å². The van der Waals surface area contributed by atoms with Gasteiger partial charge in [0, 0.05) is 0 Å². The van der Waals surface area contributed by atoms with Crippen LogP contribution in [0.1, 0.15) is 19.8 Å². The van der Waals surface area contributed by atoms with Crippen LogP contribution in [0.3, 0.4) is 0 Å². The van der Waals surface area contributed by atoms with Crippen molar-refractivity contribution in [2.24, 2.45) is 5.73 Å². The molecule has 1 aliphatic heterocycles. The van der Waals surface area contributed by atoms with Gasteiger partial charge in [0.1, 0.15) is 6.04 Å². The molecule has 5 heteroatoms. The molecule has 0 saturated carbocycles. The van der Waals surface area contributed by atoms with Crippen molar-refractivity contribution < 1.29 is 9.53 Å². The molecule has 1 rings (SSSR count). The fourth-order valence-electron chi connectivity index (χ4n) is 1.20. The highest BCUT2D eigenvalue weighted by Crippen LogP contribution is 2.09. The van der Waals surface area contributed by atoms with Gasteiger partial charge in [-0.3, -0.25) is 10.1 Å². The first-order valence-electron chi connectivity index (χ1n) is 3.92. The molecule has 0 bridgehead atoms. The molecular formula is C7H15ClN2O2. The zero-order valence-corrected chi connectivity index (χ0v) is 7.89.